The van der Waals surface area contributed by atoms with Crippen molar-refractivity contribution in [2.75, 3.05) is 37.0 Å². The smallest absolute Gasteiger partial charge is 0.322 e. The lowest BCUT2D eigenvalue weighted by atomic mass is 9.81. The molecule has 0 unspecified atom stereocenters. The highest BCUT2D eigenvalue weighted by Crippen LogP contribution is 2.32. The molecule has 3 rings (SSSR count). The Morgan fingerprint density at radius 1 is 1.17 bits per heavy atom. The largest absolute Gasteiger partial charge is 0.468 e. The van der Waals surface area contributed by atoms with E-state index in [2.05, 4.69) is 5.32 Å². The van der Waals surface area contributed by atoms with Crippen LogP contribution in [-0.4, -0.2) is 49.6 Å². The van der Waals surface area contributed by atoms with E-state index in [9.17, 15) is 14.4 Å². The first-order valence-corrected chi connectivity index (χ1v) is 9.99. The van der Waals surface area contributed by atoms with Gasteiger partial charge in [0.25, 0.3) is 0 Å². The lowest BCUT2D eigenvalue weighted by Gasteiger charge is -2.32. The molecule has 29 heavy (non-hydrogen) atoms. The number of nitrogens with one attached hydrogen (secondary N) is 1. The molecule has 2 heterocycles. The van der Waals surface area contributed by atoms with Crippen molar-refractivity contribution < 1.29 is 19.1 Å². The first-order chi connectivity index (χ1) is 13.7. The summed E-state index contributed by atoms with van der Waals surface area (Å²) in [7, 11) is 1.39. The normalized spacial score (nSPS) is 17.2. The number of amides is 3. The number of hydrogen-bond donors (Lipinski definition) is 1. The summed E-state index contributed by atoms with van der Waals surface area (Å²) >= 11 is 0. The Balaban J connectivity index is 1.63. The summed E-state index contributed by atoms with van der Waals surface area (Å²) in [6, 6.07) is 5.43. The summed E-state index contributed by atoms with van der Waals surface area (Å²) in [5.41, 5.74) is 2.87. The van der Waals surface area contributed by atoms with Gasteiger partial charge in [-0.25, -0.2) is 4.79 Å². The van der Waals surface area contributed by atoms with Crippen LogP contribution in [0.3, 0.4) is 0 Å². The Morgan fingerprint density at radius 3 is 2.48 bits per heavy atom. The number of esters is 1. The van der Waals surface area contributed by atoms with Crippen molar-refractivity contribution >= 4 is 29.3 Å². The van der Waals surface area contributed by atoms with Crippen LogP contribution in [0.5, 0.6) is 0 Å². The molecule has 0 aromatic heterocycles. The zero-order valence-electron chi connectivity index (χ0n) is 17.6. The van der Waals surface area contributed by atoms with Gasteiger partial charge in [0.2, 0.25) is 5.91 Å². The molecule has 7 heteroatoms. The monoisotopic (exact) mass is 399 g/mol. The van der Waals surface area contributed by atoms with Crippen LogP contribution in [0, 0.1) is 12.3 Å². The van der Waals surface area contributed by atoms with Crippen molar-refractivity contribution in [1.82, 2.24) is 4.90 Å². The third kappa shape index (κ3) is 4.28. The highest BCUT2D eigenvalue weighted by atomic mass is 16.5. The summed E-state index contributed by atoms with van der Waals surface area (Å²) in [5.74, 6) is -0.121. The molecular weight excluding hydrogens is 370 g/mol. The number of anilines is 2. The number of methoxy groups -OCH3 is 1. The zero-order chi connectivity index (χ0) is 21.2. The van der Waals surface area contributed by atoms with E-state index in [1.807, 2.05) is 45.0 Å². The molecular formula is C22H29N3O4. The maximum absolute atomic E-state index is 12.6. The topological polar surface area (TPSA) is 79.0 Å². The quantitative estimate of drug-likeness (QED) is 0.621. The Morgan fingerprint density at radius 2 is 1.93 bits per heavy atom. The van der Waals surface area contributed by atoms with Crippen molar-refractivity contribution in [3.63, 3.8) is 0 Å². The van der Waals surface area contributed by atoms with Gasteiger partial charge in [-0.1, -0.05) is 11.6 Å². The second-order valence-electron chi connectivity index (χ2n) is 8.12. The Bertz CT molecular complexity index is 860. The van der Waals surface area contributed by atoms with Crippen LogP contribution in [0.25, 0.3) is 0 Å². The van der Waals surface area contributed by atoms with Gasteiger partial charge in [0.15, 0.2) is 0 Å². The third-order valence-electron chi connectivity index (χ3n) is 5.81. The predicted molar refractivity (Wildman–Crippen MR) is 112 cm³/mol. The minimum atomic E-state index is -0.683. The van der Waals surface area contributed by atoms with E-state index in [1.54, 1.807) is 9.80 Å². The molecule has 1 saturated heterocycles. The minimum absolute atomic E-state index is 0.149. The molecule has 1 fully saturated rings. The van der Waals surface area contributed by atoms with Gasteiger partial charge in [-0.2, -0.15) is 0 Å². The molecule has 2 aliphatic heterocycles. The molecule has 3 amide bonds. The number of nitrogens with zero attached hydrogens (tertiary/aromatic N) is 2. The van der Waals surface area contributed by atoms with Crippen molar-refractivity contribution in [3.05, 3.63) is 35.4 Å². The Hall–Kier alpha value is -2.83. The summed E-state index contributed by atoms with van der Waals surface area (Å²) in [6.45, 7) is 7.36. The molecule has 7 nitrogen and oxygen atoms in total. The molecule has 1 aromatic carbocycles. The highest BCUT2D eigenvalue weighted by Gasteiger charge is 2.34. The highest BCUT2D eigenvalue weighted by molar-refractivity contribution is 5.97. The first kappa shape index (κ1) is 20.9. The van der Waals surface area contributed by atoms with Crippen LogP contribution in [0.4, 0.5) is 16.2 Å². The van der Waals surface area contributed by atoms with Gasteiger partial charge in [0.05, 0.1) is 12.5 Å². The maximum atomic E-state index is 12.6. The number of rotatable bonds is 4. The van der Waals surface area contributed by atoms with Crippen LogP contribution in [0.1, 0.15) is 38.7 Å². The Labute approximate surface area is 171 Å². The average Bonchev–Trinajstić information content (AvgIpc) is 3.13. The van der Waals surface area contributed by atoms with E-state index >= 15 is 0 Å². The molecule has 0 spiro atoms. The molecule has 156 valence electrons. The molecule has 1 N–H and O–H groups in total. The van der Waals surface area contributed by atoms with Crippen molar-refractivity contribution in [3.8, 4) is 0 Å². The van der Waals surface area contributed by atoms with E-state index in [4.69, 9.17) is 4.74 Å². The second-order valence-corrected chi connectivity index (χ2v) is 8.12. The Kier molecular flexibility index (Phi) is 5.96. The van der Waals surface area contributed by atoms with Gasteiger partial charge < -0.3 is 19.9 Å². The molecule has 0 aliphatic carbocycles. The van der Waals surface area contributed by atoms with Gasteiger partial charge in [0.1, 0.15) is 0 Å². The molecule has 0 atom stereocenters. The summed E-state index contributed by atoms with van der Waals surface area (Å²) in [6.07, 6.45) is 4.04. The fourth-order valence-electron chi connectivity index (χ4n) is 3.95. The minimum Gasteiger partial charge on any atom is -0.468 e. The van der Waals surface area contributed by atoms with Crippen LogP contribution < -0.4 is 10.2 Å². The van der Waals surface area contributed by atoms with Crippen LogP contribution in [0.2, 0.25) is 0 Å². The van der Waals surface area contributed by atoms with E-state index in [-0.39, 0.29) is 17.9 Å². The molecule has 1 aromatic rings. The second kappa shape index (κ2) is 8.27. The SMILES string of the molecule is COC(=O)C(C)(C)C1=CCN(C(=O)Nc2ccc(N3CCCC3=O)c(C)c2)CC1. The molecule has 0 radical (unpaired) electrons. The van der Waals surface area contributed by atoms with Crippen molar-refractivity contribution in [2.24, 2.45) is 5.41 Å². The fraction of sp³-hybridized carbons (Fsp3) is 0.500. The maximum Gasteiger partial charge on any atom is 0.322 e. The van der Waals surface area contributed by atoms with E-state index < -0.39 is 5.41 Å². The molecule has 2 aliphatic rings. The van der Waals surface area contributed by atoms with Gasteiger partial charge in [-0.3, -0.25) is 9.59 Å². The number of hydrogen-bond acceptors (Lipinski definition) is 4. The molecule has 0 bridgehead atoms. The summed E-state index contributed by atoms with van der Waals surface area (Å²) in [4.78, 5) is 40.1. The van der Waals surface area contributed by atoms with Crippen LogP contribution in [0.15, 0.2) is 29.8 Å². The van der Waals surface area contributed by atoms with E-state index in [1.165, 1.54) is 7.11 Å². The third-order valence-corrected chi connectivity index (χ3v) is 5.81. The van der Waals surface area contributed by atoms with Crippen LogP contribution in [-0.2, 0) is 14.3 Å². The average molecular weight is 399 g/mol. The lowest BCUT2D eigenvalue weighted by molar-refractivity contribution is -0.148. The van der Waals surface area contributed by atoms with E-state index in [0.29, 0.717) is 31.6 Å². The van der Waals surface area contributed by atoms with Crippen LogP contribution >= 0.6 is 0 Å². The first-order valence-electron chi connectivity index (χ1n) is 9.99. The van der Waals surface area contributed by atoms with E-state index in [0.717, 1.165) is 29.8 Å². The van der Waals surface area contributed by atoms with Crippen molar-refractivity contribution in [1.29, 1.82) is 0 Å². The molecule has 0 saturated carbocycles. The number of aryl methyl sites for hydroxylation is 1. The number of carbonyl (C=O) groups is 3. The van der Waals surface area contributed by atoms with Gasteiger partial charge in [-0.05, 0) is 57.4 Å². The standard InChI is InChI=1S/C22H29N3O4/c1-15-14-17(7-8-18(15)25-11-5-6-19(25)26)23-21(28)24-12-9-16(10-13-24)22(2,3)20(27)29-4/h7-9,14H,5-6,10-13H2,1-4H3,(H,23,28). The summed E-state index contributed by atoms with van der Waals surface area (Å²) in [5, 5.41) is 2.93. The lowest BCUT2D eigenvalue weighted by Crippen LogP contribution is -2.40. The van der Waals surface area contributed by atoms with Gasteiger partial charge >= 0.3 is 12.0 Å². The zero-order valence-corrected chi connectivity index (χ0v) is 17.6. The number of carbonyl (C=O) groups excluding carboxylic acids is 3. The van der Waals surface area contributed by atoms with Gasteiger partial charge in [-0.15, -0.1) is 0 Å². The number of ether oxygens (including phenoxy) is 1. The summed E-state index contributed by atoms with van der Waals surface area (Å²) < 4.78 is 4.89. The number of benzene rings is 1. The predicted octanol–water partition coefficient (Wildman–Crippen LogP) is 3.49. The van der Waals surface area contributed by atoms with Crippen molar-refractivity contribution in [2.45, 2.75) is 40.0 Å². The van der Waals surface area contributed by atoms with Gasteiger partial charge in [0, 0.05) is 37.4 Å². The fourth-order valence-corrected chi connectivity index (χ4v) is 3.95. The number of urea groups is 1.